The maximum Gasteiger partial charge on any atom is 0.197 e. The first-order valence-electron chi connectivity index (χ1n) is 5.21. The number of rotatable bonds is 2. The minimum atomic E-state index is -0.409. The molecule has 0 unspecified atom stereocenters. The Balaban J connectivity index is 2.51. The molecule has 0 saturated heterocycles. The van der Waals surface area contributed by atoms with E-state index in [0.717, 1.165) is 5.56 Å². The number of aryl methyl sites for hydroxylation is 1. The Hall–Kier alpha value is -1.75. The van der Waals surface area contributed by atoms with Crippen molar-refractivity contribution in [3.05, 3.63) is 57.4 Å². The Morgan fingerprint density at radius 3 is 2.72 bits per heavy atom. The highest BCUT2D eigenvalue weighted by Gasteiger charge is 2.16. The summed E-state index contributed by atoms with van der Waals surface area (Å²) < 4.78 is 13.4. The summed E-state index contributed by atoms with van der Waals surface area (Å²) in [5.41, 5.74) is 7.20. The van der Waals surface area contributed by atoms with Crippen molar-refractivity contribution in [2.45, 2.75) is 6.92 Å². The van der Waals surface area contributed by atoms with Crippen LogP contribution in [0.15, 0.2) is 34.9 Å². The predicted molar refractivity (Wildman–Crippen MR) is 70.9 cm³/mol. The minimum Gasteiger partial charge on any atom is -0.383 e. The molecule has 1 heterocycles. The molecular weight excluding hydrogens is 299 g/mol. The minimum absolute atomic E-state index is 0.168. The van der Waals surface area contributed by atoms with Gasteiger partial charge in [0.05, 0.1) is 5.56 Å². The Kier molecular flexibility index (Phi) is 3.43. The highest BCUT2D eigenvalue weighted by molar-refractivity contribution is 9.10. The van der Waals surface area contributed by atoms with E-state index < -0.39 is 5.82 Å². The Bertz CT molecular complexity index is 628. The van der Waals surface area contributed by atoms with Gasteiger partial charge in [-0.15, -0.1) is 0 Å². The fourth-order valence-corrected chi connectivity index (χ4v) is 2.11. The second-order valence-corrected chi connectivity index (χ2v) is 4.75. The van der Waals surface area contributed by atoms with Crippen LogP contribution in [0.3, 0.4) is 0 Å². The number of benzene rings is 1. The zero-order valence-corrected chi connectivity index (χ0v) is 11.2. The van der Waals surface area contributed by atoms with Crippen molar-refractivity contribution < 1.29 is 9.18 Å². The number of ketones is 1. The number of nitrogens with zero attached hydrogens (tertiary/aromatic N) is 1. The summed E-state index contributed by atoms with van der Waals surface area (Å²) in [7, 11) is 0. The smallest absolute Gasteiger partial charge is 0.197 e. The van der Waals surface area contributed by atoms with Gasteiger partial charge in [0.15, 0.2) is 5.78 Å². The van der Waals surface area contributed by atoms with Gasteiger partial charge < -0.3 is 5.73 Å². The maximum absolute atomic E-state index is 13.0. The lowest BCUT2D eigenvalue weighted by molar-refractivity contribution is 0.103. The molecule has 0 atom stereocenters. The van der Waals surface area contributed by atoms with Gasteiger partial charge in [0, 0.05) is 16.2 Å². The summed E-state index contributed by atoms with van der Waals surface area (Å²) in [4.78, 5) is 16.2. The molecule has 92 valence electrons. The van der Waals surface area contributed by atoms with Crippen molar-refractivity contribution in [1.82, 2.24) is 4.98 Å². The van der Waals surface area contributed by atoms with Crippen molar-refractivity contribution in [3.63, 3.8) is 0 Å². The van der Waals surface area contributed by atoms with E-state index in [1.807, 2.05) is 6.92 Å². The molecule has 3 nitrogen and oxygen atoms in total. The van der Waals surface area contributed by atoms with E-state index in [0.29, 0.717) is 15.6 Å². The first-order valence-corrected chi connectivity index (χ1v) is 6.00. The van der Waals surface area contributed by atoms with Gasteiger partial charge in [-0.2, -0.15) is 0 Å². The Labute approximate surface area is 112 Å². The topological polar surface area (TPSA) is 56.0 Å². The largest absolute Gasteiger partial charge is 0.383 e. The number of hydrogen-bond donors (Lipinski definition) is 1. The number of hydrogen-bond acceptors (Lipinski definition) is 3. The number of nitrogens with two attached hydrogens (primary N) is 1. The summed E-state index contributed by atoms with van der Waals surface area (Å²) in [5, 5.41) is 0. The van der Waals surface area contributed by atoms with E-state index in [2.05, 4.69) is 20.9 Å². The summed E-state index contributed by atoms with van der Waals surface area (Å²) in [6.07, 6.45) is 1.59. The highest BCUT2D eigenvalue weighted by Crippen LogP contribution is 2.23. The maximum atomic E-state index is 13.0. The quantitative estimate of drug-likeness (QED) is 0.867. The molecule has 2 N–H and O–H groups in total. The molecule has 0 spiro atoms. The molecule has 0 bridgehead atoms. The lowest BCUT2D eigenvalue weighted by Gasteiger charge is -2.07. The molecule has 2 rings (SSSR count). The van der Waals surface area contributed by atoms with E-state index >= 15 is 0 Å². The molecule has 5 heteroatoms. The van der Waals surface area contributed by atoms with Crippen LogP contribution >= 0.6 is 15.9 Å². The number of anilines is 1. The van der Waals surface area contributed by atoms with E-state index in [1.54, 1.807) is 12.3 Å². The van der Waals surface area contributed by atoms with Crippen molar-refractivity contribution in [3.8, 4) is 0 Å². The van der Waals surface area contributed by atoms with Crippen LogP contribution in [-0.2, 0) is 0 Å². The van der Waals surface area contributed by atoms with Crippen LogP contribution in [0, 0.1) is 12.7 Å². The normalized spacial score (nSPS) is 10.4. The van der Waals surface area contributed by atoms with Gasteiger partial charge in [-0.3, -0.25) is 4.79 Å². The third-order valence-corrected chi connectivity index (χ3v) is 3.13. The average Bonchev–Trinajstić information content (AvgIpc) is 2.31. The molecule has 1 aromatic carbocycles. The van der Waals surface area contributed by atoms with Crippen LogP contribution in [0.5, 0.6) is 0 Å². The number of aromatic nitrogens is 1. The number of nitrogen functional groups attached to an aromatic ring is 1. The molecule has 0 saturated carbocycles. The first kappa shape index (κ1) is 12.7. The molecule has 0 aliphatic rings. The number of halogens is 2. The van der Waals surface area contributed by atoms with Gasteiger partial charge in [-0.05, 0) is 52.7 Å². The van der Waals surface area contributed by atoms with Gasteiger partial charge in [0.2, 0.25) is 0 Å². The summed E-state index contributed by atoms with van der Waals surface area (Å²) in [5.74, 6) is -0.522. The van der Waals surface area contributed by atoms with Gasteiger partial charge >= 0.3 is 0 Å². The molecule has 0 aliphatic heterocycles. The zero-order chi connectivity index (χ0) is 13.3. The summed E-state index contributed by atoms with van der Waals surface area (Å²) >= 11 is 3.17. The molecule has 1 aromatic heterocycles. The number of carbonyl (C=O) groups excluding carboxylic acids is 1. The fourth-order valence-electron chi connectivity index (χ4n) is 1.58. The number of carbonyl (C=O) groups is 1. The van der Waals surface area contributed by atoms with E-state index in [9.17, 15) is 9.18 Å². The van der Waals surface area contributed by atoms with Gasteiger partial charge in [-0.25, -0.2) is 9.37 Å². The molecule has 0 fully saturated rings. The second kappa shape index (κ2) is 4.86. The van der Waals surface area contributed by atoms with Crippen LogP contribution in [-0.4, -0.2) is 10.8 Å². The first-order chi connectivity index (χ1) is 8.49. The molecule has 0 aliphatic carbocycles. The predicted octanol–water partition coefficient (Wildman–Crippen LogP) is 3.10. The van der Waals surface area contributed by atoms with Crippen LogP contribution in [0.4, 0.5) is 10.2 Å². The molecular formula is C13H10BrFN2O. The summed E-state index contributed by atoms with van der Waals surface area (Å²) in [6, 6.07) is 5.56. The standard InChI is InChI=1S/C13H10BrFN2O/c1-7-4-10(13(16)17-6-7)12(18)9-3-2-8(15)5-11(9)14/h2-6H,1H3,(H2,16,17). The average molecular weight is 309 g/mol. The van der Waals surface area contributed by atoms with Gasteiger partial charge in [-0.1, -0.05) is 0 Å². The lowest BCUT2D eigenvalue weighted by atomic mass is 10.0. The lowest BCUT2D eigenvalue weighted by Crippen LogP contribution is -2.08. The molecule has 0 radical (unpaired) electrons. The number of pyridine rings is 1. The Morgan fingerprint density at radius 1 is 1.33 bits per heavy atom. The van der Waals surface area contributed by atoms with Gasteiger partial charge in [0.25, 0.3) is 0 Å². The summed E-state index contributed by atoms with van der Waals surface area (Å²) in [6.45, 7) is 1.82. The fraction of sp³-hybridized carbons (Fsp3) is 0.0769. The highest BCUT2D eigenvalue weighted by atomic mass is 79.9. The second-order valence-electron chi connectivity index (χ2n) is 3.90. The van der Waals surface area contributed by atoms with Crippen LogP contribution < -0.4 is 5.73 Å². The molecule has 2 aromatic rings. The van der Waals surface area contributed by atoms with Crippen LogP contribution in [0.1, 0.15) is 21.5 Å². The molecule has 0 amide bonds. The van der Waals surface area contributed by atoms with Crippen molar-refractivity contribution >= 4 is 27.5 Å². The molecule has 18 heavy (non-hydrogen) atoms. The van der Waals surface area contributed by atoms with Crippen LogP contribution in [0.2, 0.25) is 0 Å². The van der Waals surface area contributed by atoms with Crippen molar-refractivity contribution in [1.29, 1.82) is 0 Å². The monoisotopic (exact) mass is 308 g/mol. The zero-order valence-electron chi connectivity index (χ0n) is 9.58. The van der Waals surface area contributed by atoms with Gasteiger partial charge in [0.1, 0.15) is 11.6 Å². The van der Waals surface area contributed by atoms with E-state index in [1.165, 1.54) is 18.2 Å². The third-order valence-electron chi connectivity index (χ3n) is 2.48. The van der Waals surface area contributed by atoms with E-state index in [-0.39, 0.29) is 11.6 Å². The Morgan fingerprint density at radius 2 is 2.06 bits per heavy atom. The SMILES string of the molecule is Cc1cnc(N)c(C(=O)c2ccc(F)cc2Br)c1. The van der Waals surface area contributed by atoms with E-state index in [4.69, 9.17) is 5.73 Å². The van der Waals surface area contributed by atoms with Crippen molar-refractivity contribution in [2.75, 3.05) is 5.73 Å². The van der Waals surface area contributed by atoms with Crippen LogP contribution in [0.25, 0.3) is 0 Å². The third kappa shape index (κ3) is 2.41. The van der Waals surface area contributed by atoms with Crippen molar-refractivity contribution in [2.24, 2.45) is 0 Å².